The first-order valence-corrected chi connectivity index (χ1v) is 9.05. The third-order valence-electron chi connectivity index (χ3n) is 3.89. The number of carbonyl (C=O) groups excluding carboxylic acids is 2. The molecule has 132 valence electrons. The number of pyridine rings is 1. The van der Waals surface area contributed by atoms with Gasteiger partial charge < -0.3 is 4.74 Å². The van der Waals surface area contributed by atoms with Crippen LogP contribution in [0.2, 0.25) is 0 Å². The van der Waals surface area contributed by atoms with E-state index in [0.29, 0.717) is 28.6 Å². The van der Waals surface area contributed by atoms with E-state index in [1.807, 2.05) is 13.8 Å². The number of thioether (sulfide) groups is 1. The Morgan fingerprint density at radius 2 is 2.00 bits per heavy atom. The van der Waals surface area contributed by atoms with Crippen molar-refractivity contribution in [2.45, 2.75) is 30.5 Å². The Balaban J connectivity index is 1.81. The maximum atomic E-state index is 12.8. The van der Waals surface area contributed by atoms with E-state index in [1.165, 1.54) is 16.7 Å². The van der Waals surface area contributed by atoms with Gasteiger partial charge >= 0.3 is 0 Å². The van der Waals surface area contributed by atoms with Gasteiger partial charge in [-0.2, -0.15) is 5.26 Å². The van der Waals surface area contributed by atoms with Gasteiger partial charge in [-0.3, -0.25) is 9.59 Å². The summed E-state index contributed by atoms with van der Waals surface area (Å²) < 4.78 is 5.38. The van der Waals surface area contributed by atoms with Crippen molar-refractivity contribution in [2.24, 2.45) is 0 Å². The monoisotopic (exact) mass is 367 g/mol. The zero-order valence-corrected chi connectivity index (χ0v) is 15.2. The molecule has 3 rings (SSSR count). The third-order valence-corrected chi connectivity index (χ3v) is 5.07. The summed E-state index contributed by atoms with van der Waals surface area (Å²) in [4.78, 5) is 30.7. The van der Waals surface area contributed by atoms with Gasteiger partial charge in [0.1, 0.15) is 16.8 Å². The fraction of sp³-hybridized carbons (Fsp3) is 0.263. The zero-order chi connectivity index (χ0) is 18.7. The molecule has 6 nitrogen and oxygen atoms in total. The van der Waals surface area contributed by atoms with Crippen LogP contribution in [0.5, 0.6) is 5.75 Å². The quantitative estimate of drug-likeness (QED) is 0.755. The number of nitriles is 1. The summed E-state index contributed by atoms with van der Waals surface area (Å²) in [6, 6.07) is 12.4. The summed E-state index contributed by atoms with van der Waals surface area (Å²) >= 11 is 1.17. The lowest BCUT2D eigenvalue weighted by molar-refractivity contribution is -0.121. The lowest BCUT2D eigenvalue weighted by atomic mass is 10.3. The van der Waals surface area contributed by atoms with Crippen LogP contribution in [0.3, 0.4) is 0 Å². The second kappa shape index (κ2) is 7.58. The van der Waals surface area contributed by atoms with Crippen molar-refractivity contribution in [3.63, 3.8) is 0 Å². The Bertz CT molecular complexity index is 890. The van der Waals surface area contributed by atoms with E-state index in [2.05, 4.69) is 11.1 Å². The predicted octanol–water partition coefficient (Wildman–Crippen LogP) is 3.08. The number of rotatable bonds is 5. The van der Waals surface area contributed by atoms with Gasteiger partial charge in [0, 0.05) is 12.1 Å². The predicted molar refractivity (Wildman–Crippen MR) is 98.1 cm³/mol. The molecular weight excluding hydrogens is 350 g/mol. The first-order chi connectivity index (χ1) is 12.5. The Hall–Kier alpha value is -2.85. The van der Waals surface area contributed by atoms with Gasteiger partial charge in [-0.1, -0.05) is 11.8 Å². The smallest absolute Gasteiger partial charge is 0.247 e. The average molecular weight is 367 g/mol. The fourth-order valence-corrected chi connectivity index (χ4v) is 3.81. The van der Waals surface area contributed by atoms with Crippen molar-refractivity contribution in [1.29, 1.82) is 5.26 Å². The van der Waals surface area contributed by atoms with Crippen molar-refractivity contribution in [3.8, 4) is 11.8 Å². The number of anilines is 1. The summed E-state index contributed by atoms with van der Waals surface area (Å²) in [6.45, 7) is 4.25. The number of benzene rings is 1. The standard InChI is InChI=1S/C19H17N3O3S/c1-3-25-15-8-6-14(7-9-15)22-17(23)10-16(19(22)24)26-18-13(11-20)5-4-12(2)21-18/h4-9,16H,3,10H2,1-2H3. The topological polar surface area (TPSA) is 83.3 Å². The fourth-order valence-electron chi connectivity index (χ4n) is 2.67. The molecule has 2 aromatic rings. The molecule has 1 aliphatic rings. The molecule has 26 heavy (non-hydrogen) atoms. The van der Waals surface area contributed by atoms with Gasteiger partial charge in [-0.25, -0.2) is 9.88 Å². The molecule has 2 heterocycles. The molecule has 0 saturated carbocycles. The minimum absolute atomic E-state index is 0.0806. The van der Waals surface area contributed by atoms with Crippen LogP contribution in [0.1, 0.15) is 24.6 Å². The molecule has 1 saturated heterocycles. The maximum absolute atomic E-state index is 12.8. The van der Waals surface area contributed by atoms with Crippen LogP contribution in [-0.2, 0) is 9.59 Å². The molecule has 1 aliphatic heterocycles. The summed E-state index contributed by atoms with van der Waals surface area (Å²) in [5, 5.41) is 9.11. The SMILES string of the molecule is CCOc1ccc(N2C(=O)CC(Sc3nc(C)ccc3C#N)C2=O)cc1. The highest BCUT2D eigenvalue weighted by molar-refractivity contribution is 8.00. The summed E-state index contributed by atoms with van der Waals surface area (Å²) in [6.07, 6.45) is 0.0806. The van der Waals surface area contributed by atoms with Crippen LogP contribution in [0.4, 0.5) is 5.69 Å². The summed E-state index contributed by atoms with van der Waals surface area (Å²) in [5.41, 5.74) is 1.68. The first kappa shape index (κ1) is 18.0. The van der Waals surface area contributed by atoms with Crippen molar-refractivity contribution >= 4 is 29.3 Å². The maximum Gasteiger partial charge on any atom is 0.247 e. The largest absolute Gasteiger partial charge is 0.494 e. The number of amides is 2. The van der Waals surface area contributed by atoms with Crippen molar-refractivity contribution in [1.82, 2.24) is 4.98 Å². The Kier molecular flexibility index (Phi) is 5.24. The lowest BCUT2D eigenvalue weighted by Crippen LogP contribution is -2.31. The number of carbonyl (C=O) groups is 2. The first-order valence-electron chi connectivity index (χ1n) is 8.17. The zero-order valence-electron chi connectivity index (χ0n) is 14.4. The van der Waals surface area contributed by atoms with Gasteiger partial charge in [0.05, 0.1) is 23.1 Å². The molecule has 0 spiro atoms. The van der Waals surface area contributed by atoms with Crippen LogP contribution >= 0.6 is 11.8 Å². The van der Waals surface area contributed by atoms with E-state index in [0.717, 1.165) is 5.69 Å². The van der Waals surface area contributed by atoms with Gasteiger partial charge in [0.2, 0.25) is 11.8 Å². The molecule has 1 unspecified atom stereocenters. The highest BCUT2D eigenvalue weighted by atomic mass is 32.2. The van der Waals surface area contributed by atoms with Crippen LogP contribution in [0.25, 0.3) is 0 Å². The number of hydrogen-bond donors (Lipinski definition) is 0. The van der Waals surface area contributed by atoms with E-state index in [1.54, 1.807) is 36.4 Å². The van der Waals surface area contributed by atoms with Crippen LogP contribution in [0.15, 0.2) is 41.4 Å². The van der Waals surface area contributed by atoms with Crippen LogP contribution in [0, 0.1) is 18.3 Å². The minimum Gasteiger partial charge on any atom is -0.494 e. The number of imide groups is 1. The number of aromatic nitrogens is 1. The second-order valence-electron chi connectivity index (χ2n) is 5.72. The van der Waals surface area contributed by atoms with E-state index in [-0.39, 0.29) is 18.2 Å². The molecule has 7 heteroatoms. The number of nitrogens with zero attached hydrogens (tertiary/aromatic N) is 3. The second-order valence-corrected chi connectivity index (χ2v) is 6.91. The average Bonchev–Trinajstić information content (AvgIpc) is 2.90. The van der Waals surface area contributed by atoms with Gasteiger partial charge in [0.15, 0.2) is 0 Å². The van der Waals surface area contributed by atoms with Gasteiger partial charge in [0.25, 0.3) is 0 Å². The molecule has 0 bridgehead atoms. The van der Waals surface area contributed by atoms with E-state index in [9.17, 15) is 14.9 Å². The summed E-state index contributed by atoms with van der Waals surface area (Å²) in [7, 11) is 0. The van der Waals surface area contributed by atoms with Gasteiger partial charge in [-0.05, 0) is 50.2 Å². The molecule has 0 aliphatic carbocycles. The molecule has 0 radical (unpaired) electrons. The van der Waals surface area contributed by atoms with Crippen molar-refractivity contribution < 1.29 is 14.3 Å². The molecule has 1 aromatic carbocycles. The van der Waals surface area contributed by atoms with E-state index in [4.69, 9.17) is 4.74 Å². The van der Waals surface area contributed by atoms with Crippen LogP contribution < -0.4 is 9.64 Å². The minimum atomic E-state index is -0.588. The molecular formula is C19H17N3O3S. The normalized spacial score (nSPS) is 16.7. The number of hydrogen-bond acceptors (Lipinski definition) is 6. The van der Waals surface area contributed by atoms with E-state index < -0.39 is 5.25 Å². The molecule has 1 aromatic heterocycles. The van der Waals surface area contributed by atoms with Crippen molar-refractivity contribution in [2.75, 3.05) is 11.5 Å². The summed E-state index contributed by atoms with van der Waals surface area (Å²) in [5.74, 6) is 0.128. The number of aryl methyl sites for hydroxylation is 1. The number of ether oxygens (including phenoxy) is 1. The molecule has 0 N–H and O–H groups in total. The highest BCUT2D eigenvalue weighted by Crippen LogP contribution is 2.35. The third kappa shape index (κ3) is 3.55. The highest BCUT2D eigenvalue weighted by Gasteiger charge is 2.40. The van der Waals surface area contributed by atoms with E-state index >= 15 is 0 Å². The Morgan fingerprint density at radius 3 is 2.65 bits per heavy atom. The Morgan fingerprint density at radius 1 is 1.27 bits per heavy atom. The molecule has 1 atom stereocenters. The van der Waals surface area contributed by atoms with Crippen LogP contribution in [-0.4, -0.2) is 28.7 Å². The Labute approximate surface area is 155 Å². The van der Waals surface area contributed by atoms with Crippen molar-refractivity contribution in [3.05, 3.63) is 47.7 Å². The molecule has 2 amide bonds. The molecule has 1 fully saturated rings. The van der Waals surface area contributed by atoms with Gasteiger partial charge in [-0.15, -0.1) is 0 Å². The lowest BCUT2D eigenvalue weighted by Gasteiger charge is -2.15.